The third-order valence-corrected chi connectivity index (χ3v) is 9.52. The second kappa shape index (κ2) is 8.35. The van der Waals surface area contributed by atoms with Crippen LogP contribution in [0, 0.1) is 0 Å². The summed E-state index contributed by atoms with van der Waals surface area (Å²) in [5, 5.41) is 7.79. The van der Waals surface area contributed by atoms with Crippen molar-refractivity contribution in [3.63, 3.8) is 0 Å². The molecule has 0 aliphatic carbocycles. The Bertz CT molecular complexity index is 2290. The van der Waals surface area contributed by atoms with Crippen LogP contribution in [0.5, 0.6) is 0 Å². The summed E-state index contributed by atoms with van der Waals surface area (Å²) >= 11 is 1.88. The molecule has 8 aromatic rings. The fourth-order valence-electron chi connectivity index (χ4n) is 6.71. The van der Waals surface area contributed by atoms with Crippen LogP contribution in [-0.2, 0) is 0 Å². The Balaban J connectivity index is 1.43. The third-order valence-electron chi connectivity index (χ3n) is 8.38. The van der Waals surface area contributed by atoms with Crippen molar-refractivity contribution in [1.82, 2.24) is 4.57 Å². The van der Waals surface area contributed by atoms with Crippen LogP contribution in [0.1, 0.15) is 0 Å². The van der Waals surface area contributed by atoms with Gasteiger partial charge < -0.3 is 4.57 Å². The number of aromatic nitrogens is 1. The van der Waals surface area contributed by atoms with E-state index in [0.29, 0.717) is 0 Å². The van der Waals surface area contributed by atoms with E-state index in [2.05, 4.69) is 144 Å². The van der Waals surface area contributed by atoms with Gasteiger partial charge in [-0.15, -0.1) is 0 Å². The molecule has 0 saturated heterocycles. The van der Waals surface area contributed by atoms with Crippen LogP contribution in [0.15, 0.2) is 149 Å². The van der Waals surface area contributed by atoms with Gasteiger partial charge in [0.2, 0.25) is 0 Å². The SMILES string of the molecule is c1ccc(-n2c3ccccc3c3cc(-c4ccc5c6c(cccc46)-c4ccccc4S5)c4ccccc4c32)cc1. The van der Waals surface area contributed by atoms with Crippen molar-refractivity contribution in [1.29, 1.82) is 0 Å². The van der Waals surface area contributed by atoms with Gasteiger partial charge in [0.1, 0.15) is 0 Å². The lowest BCUT2D eigenvalue weighted by Crippen LogP contribution is -1.96. The molecule has 0 fully saturated rings. The fourth-order valence-corrected chi connectivity index (χ4v) is 7.84. The van der Waals surface area contributed by atoms with E-state index >= 15 is 0 Å². The molecule has 0 atom stereocenters. The van der Waals surface area contributed by atoms with Crippen LogP contribution in [-0.4, -0.2) is 4.57 Å². The molecule has 0 amide bonds. The van der Waals surface area contributed by atoms with E-state index in [0.717, 1.165) is 0 Å². The first-order valence-corrected chi connectivity index (χ1v) is 14.5. The zero-order valence-electron chi connectivity index (χ0n) is 21.6. The summed E-state index contributed by atoms with van der Waals surface area (Å²) < 4.78 is 2.43. The molecule has 2 heterocycles. The number of fused-ring (bicyclic) bond motifs is 7. The van der Waals surface area contributed by atoms with E-state index in [9.17, 15) is 0 Å². The van der Waals surface area contributed by atoms with Gasteiger partial charge in [0.15, 0.2) is 0 Å². The molecule has 9 rings (SSSR count). The second-order valence-electron chi connectivity index (χ2n) is 10.5. The fraction of sp³-hybridized carbons (Fsp3) is 0. The standard InChI is InChI=1S/C38H23NS/c1-2-11-24(12-3-1)39-34-19-8-6-14-27(34)33-23-32(25-13-4-5-16-31(25)38(33)39)26-21-22-36-37-29(26)17-10-18-30(37)28-15-7-9-20-35(28)40-36/h1-23H. The summed E-state index contributed by atoms with van der Waals surface area (Å²) in [5.41, 5.74) is 8.91. The number of benzene rings is 7. The highest BCUT2D eigenvalue weighted by Crippen LogP contribution is 2.50. The second-order valence-corrected chi connectivity index (χ2v) is 11.6. The van der Waals surface area contributed by atoms with Crippen molar-refractivity contribution in [3.8, 4) is 27.9 Å². The lowest BCUT2D eigenvalue weighted by molar-refractivity contribution is 1.19. The van der Waals surface area contributed by atoms with Gasteiger partial charge in [-0.2, -0.15) is 0 Å². The summed E-state index contributed by atoms with van der Waals surface area (Å²) in [7, 11) is 0. The zero-order chi connectivity index (χ0) is 26.2. The minimum Gasteiger partial charge on any atom is -0.309 e. The van der Waals surface area contributed by atoms with Crippen LogP contribution >= 0.6 is 11.8 Å². The van der Waals surface area contributed by atoms with Gasteiger partial charge in [-0.25, -0.2) is 0 Å². The van der Waals surface area contributed by atoms with E-state index in [4.69, 9.17) is 0 Å². The van der Waals surface area contributed by atoms with Crippen LogP contribution in [0.25, 0.3) is 71.3 Å². The van der Waals surface area contributed by atoms with Crippen molar-refractivity contribution >= 4 is 55.1 Å². The highest BCUT2D eigenvalue weighted by Gasteiger charge is 2.22. The van der Waals surface area contributed by atoms with Crippen molar-refractivity contribution in [2.75, 3.05) is 0 Å². The molecule has 0 radical (unpaired) electrons. The van der Waals surface area contributed by atoms with Crippen molar-refractivity contribution in [2.24, 2.45) is 0 Å². The molecule has 40 heavy (non-hydrogen) atoms. The van der Waals surface area contributed by atoms with Crippen LogP contribution in [0.3, 0.4) is 0 Å². The van der Waals surface area contributed by atoms with Gasteiger partial charge in [-0.3, -0.25) is 0 Å². The highest BCUT2D eigenvalue weighted by molar-refractivity contribution is 7.99. The Labute approximate surface area is 236 Å². The summed E-state index contributed by atoms with van der Waals surface area (Å²) in [6, 6.07) is 51.2. The highest BCUT2D eigenvalue weighted by atomic mass is 32.2. The monoisotopic (exact) mass is 525 g/mol. The number of rotatable bonds is 2. The van der Waals surface area contributed by atoms with Gasteiger partial charge in [0.05, 0.1) is 11.0 Å². The minimum atomic E-state index is 1.18. The zero-order valence-corrected chi connectivity index (χ0v) is 22.5. The topological polar surface area (TPSA) is 4.93 Å². The molecule has 0 spiro atoms. The van der Waals surface area contributed by atoms with Crippen molar-refractivity contribution in [3.05, 3.63) is 140 Å². The quantitative estimate of drug-likeness (QED) is 0.217. The Kier molecular flexibility index (Phi) is 4.61. The summed E-state index contributed by atoms with van der Waals surface area (Å²) in [5.74, 6) is 0. The Morgan fingerprint density at radius 3 is 2.00 bits per heavy atom. The van der Waals surface area contributed by atoms with Gasteiger partial charge >= 0.3 is 0 Å². The molecule has 1 aliphatic rings. The molecular formula is C38H23NS. The minimum absolute atomic E-state index is 1.18. The molecule has 186 valence electrons. The van der Waals surface area contributed by atoms with Gasteiger partial charge in [-0.05, 0) is 69.4 Å². The molecule has 0 N–H and O–H groups in total. The average molecular weight is 526 g/mol. The van der Waals surface area contributed by atoms with Gasteiger partial charge in [0, 0.05) is 37.0 Å². The molecule has 1 aliphatic heterocycles. The smallest absolute Gasteiger partial charge is 0.0619 e. The van der Waals surface area contributed by atoms with Crippen LogP contribution < -0.4 is 0 Å². The molecule has 0 bridgehead atoms. The molecule has 0 unspecified atom stereocenters. The summed E-state index contributed by atoms with van der Waals surface area (Å²) in [6.45, 7) is 0. The van der Waals surface area contributed by atoms with Crippen LogP contribution in [0.4, 0.5) is 0 Å². The molecule has 2 heteroatoms. The first-order chi connectivity index (χ1) is 19.9. The molecular weight excluding hydrogens is 502 g/mol. The Hall–Kier alpha value is -4.79. The number of hydrogen-bond acceptors (Lipinski definition) is 1. The molecule has 1 nitrogen and oxygen atoms in total. The summed E-state index contributed by atoms with van der Waals surface area (Å²) in [4.78, 5) is 2.66. The lowest BCUT2D eigenvalue weighted by Gasteiger charge is -2.22. The third kappa shape index (κ3) is 3.00. The van der Waals surface area contributed by atoms with E-state index in [1.54, 1.807) is 0 Å². The Morgan fingerprint density at radius 1 is 0.400 bits per heavy atom. The largest absolute Gasteiger partial charge is 0.309 e. The van der Waals surface area contributed by atoms with Crippen molar-refractivity contribution < 1.29 is 0 Å². The van der Waals surface area contributed by atoms with E-state index in [1.807, 2.05) is 11.8 Å². The maximum atomic E-state index is 2.44. The number of para-hydroxylation sites is 2. The van der Waals surface area contributed by atoms with Crippen molar-refractivity contribution in [2.45, 2.75) is 9.79 Å². The Morgan fingerprint density at radius 2 is 1.10 bits per heavy atom. The normalized spacial score (nSPS) is 12.4. The first kappa shape index (κ1) is 22.1. The number of hydrogen-bond donors (Lipinski definition) is 0. The molecule has 1 aromatic heterocycles. The average Bonchev–Trinajstić information content (AvgIpc) is 3.36. The van der Waals surface area contributed by atoms with E-state index < -0.39 is 0 Å². The molecule has 0 saturated carbocycles. The van der Waals surface area contributed by atoms with Gasteiger partial charge in [-0.1, -0.05) is 115 Å². The maximum absolute atomic E-state index is 2.44. The lowest BCUT2D eigenvalue weighted by atomic mass is 9.89. The number of nitrogens with zero attached hydrogens (tertiary/aromatic N) is 1. The predicted molar refractivity (Wildman–Crippen MR) is 171 cm³/mol. The maximum Gasteiger partial charge on any atom is 0.0619 e. The first-order valence-electron chi connectivity index (χ1n) is 13.7. The van der Waals surface area contributed by atoms with E-state index in [-0.39, 0.29) is 0 Å². The van der Waals surface area contributed by atoms with Gasteiger partial charge in [0.25, 0.3) is 0 Å². The molecule has 7 aromatic carbocycles. The van der Waals surface area contributed by atoms with E-state index in [1.165, 1.54) is 81.1 Å². The predicted octanol–water partition coefficient (Wildman–Crippen LogP) is 10.9. The summed E-state index contributed by atoms with van der Waals surface area (Å²) in [6.07, 6.45) is 0. The van der Waals surface area contributed by atoms with Crippen LogP contribution in [0.2, 0.25) is 0 Å².